The molecule has 228 valence electrons. The molecule has 0 amide bonds. The van der Waals surface area contributed by atoms with E-state index in [1.54, 1.807) is 6.20 Å². The van der Waals surface area contributed by atoms with Crippen molar-refractivity contribution in [3.05, 3.63) is 158 Å². The highest BCUT2D eigenvalue weighted by Gasteiger charge is 2.19. The fourth-order valence-electron chi connectivity index (χ4n) is 6.98. The zero-order valence-corrected chi connectivity index (χ0v) is 26.2. The van der Waals surface area contributed by atoms with Gasteiger partial charge in [-0.3, -0.25) is 4.98 Å². The predicted molar refractivity (Wildman–Crippen MR) is 199 cm³/mol. The van der Waals surface area contributed by atoms with E-state index in [4.69, 9.17) is 19.4 Å². The molecule has 0 atom stereocenters. The van der Waals surface area contributed by atoms with E-state index >= 15 is 0 Å². The molecule has 0 N–H and O–H groups in total. The topological polar surface area (TPSA) is 64.7 Å². The molecule has 0 aliphatic rings. The molecule has 0 fully saturated rings. The SMILES string of the molecule is c1ccc2cc(-c3nc(-c4ccc(-c5cccc6ccccc56)cc4)nc(-c4cncc5oc6c7ccccc7ccc6c45)n3)ccc2c1. The second-order valence-corrected chi connectivity index (χ2v) is 12.3. The van der Waals surface area contributed by atoms with Gasteiger partial charge in [0.1, 0.15) is 5.58 Å². The summed E-state index contributed by atoms with van der Waals surface area (Å²) in [6.07, 6.45) is 3.60. The molecule has 0 aliphatic carbocycles. The molecular formula is C44H26N4O. The van der Waals surface area contributed by atoms with Crippen LogP contribution < -0.4 is 0 Å². The van der Waals surface area contributed by atoms with Crippen LogP contribution in [-0.4, -0.2) is 19.9 Å². The van der Waals surface area contributed by atoms with E-state index in [2.05, 4.69) is 132 Å². The first kappa shape index (κ1) is 27.4. The number of aromatic nitrogens is 4. The van der Waals surface area contributed by atoms with Crippen molar-refractivity contribution in [2.24, 2.45) is 0 Å². The maximum atomic E-state index is 6.46. The van der Waals surface area contributed by atoms with Crippen molar-refractivity contribution in [1.82, 2.24) is 19.9 Å². The van der Waals surface area contributed by atoms with E-state index in [1.807, 2.05) is 24.4 Å². The summed E-state index contributed by atoms with van der Waals surface area (Å²) in [6, 6.07) is 50.6. The maximum absolute atomic E-state index is 6.46. The summed E-state index contributed by atoms with van der Waals surface area (Å²) in [6.45, 7) is 0. The fraction of sp³-hybridized carbons (Fsp3) is 0. The molecule has 0 radical (unpaired) electrons. The predicted octanol–water partition coefficient (Wildman–Crippen LogP) is 11.3. The van der Waals surface area contributed by atoms with Gasteiger partial charge in [0.2, 0.25) is 0 Å². The number of fused-ring (bicyclic) bond motifs is 7. The first-order chi connectivity index (χ1) is 24.3. The van der Waals surface area contributed by atoms with Gasteiger partial charge in [0.25, 0.3) is 0 Å². The molecule has 10 aromatic rings. The quantitative estimate of drug-likeness (QED) is 0.194. The minimum Gasteiger partial charge on any atom is -0.454 e. The second kappa shape index (κ2) is 10.9. The molecule has 10 rings (SSSR count). The van der Waals surface area contributed by atoms with E-state index in [9.17, 15) is 0 Å². The van der Waals surface area contributed by atoms with Gasteiger partial charge in [0.15, 0.2) is 23.1 Å². The van der Waals surface area contributed by atoms with Crippen molar-refractivity contribution < 1.29 is 4.42 Å². The number of furan rings is 1. The van der Waals surface area contributed by atoms with Crippen LogP contribution in [0.3, 0.4) is 0 Å². The van der Waals surface area contributed by atoms with Gasteiger partial charge in [0, 0.05) is 39.0 Å². The van der Waals surface area contributed by atoms with Crippen molar-refractivity contribution in [3.8, 4) is 45.3 Å². The molecule has 0 unspecified atom stereocenters. The highest BCUT2D eigenvalue weighted by molar-refractivity contribution is 6.18. The van der Waals surface area contributed by atoms with Gasteiger partial charge >= 0.3 is 0 Å². The van der Waals surface area contributed by atoms with Crippen LogP contribution in [0.25, 0.3) is 99.5 Å². The number of hydrogen-bond donors (Lipinski definition) is 0. The van der Waals surface area contributed by atoms with E-state index in [0.717, 1.165) is 60.2 Å². The molecule has 0 bridgehead atoms. The Kier molecular flexibility index (Phi) is 6.11. The number of rotatable bonds is 4. The number of hydrogen-bond acceptors (Lipinski definition) is 5. The monoisotopic (exact) mass is 626 g/mol. The van der Waals surface area contributed by atoms with E-state index < -0.39 is 0 Å². The molecule has 49 heavy (non-hydrogen) atoms. The summed E-state index contributed by atoms with van der Waals surface area (Å²) in [5.41, 5.74) is 6.46. The third kappa shape index (κ3) is 4.55. The lowest BCUT2D eigenvalue weighted by Gasteiger charge is -2.11. The minimum atomic E-state index is 0.542. The van der Waals surface area contributed by atoms with Crippen LogP contribution in [-0.2, 0) is 0 Å². The molecule has 0 saturated carbocycles. The van der Waals surface area contributed by atoms with Crippen molar-refractivity contribution in [2.75, 3.05) is 0 Å². The van der Waals surface area contributed by atoms with Crippen LogP contribution in [0.15, 0.2) is 162 Å². The molecule has 5 heteroatoms. The van der Waals surface area contributed by atoms with Gasteiger partial charge in [-0.2, -0.15) is 0 Å². The highest BCUT2D eigenvalue weighted by Crippen LogP contribution is 2.39. The number of benzene rings is 7. The fourth-order valence-corrected chi connectivity index (χ4v) is 6.98. The number of pyridine rings is 1. The normalized spacial score (nSPS) is 11.7. The van der Waals surface area contributed by atoms with Gasteiger partial charge in [0.05, 0.1) is 6.20 Å². The lowest BCUT2D eigenvalue weighted by atomic mass is 9.97. The summed E-state index contributed by atoms with van der Waals surface area (Å²) in [4.78, 5) is 19.9. The largest absolute Gasteiger partial charge is 0.454 e. The van der Waals surface area contributed by atoms with Crippen LogP contribution >= 0.6 is 0 Å². The molecule has 0 saturated heterocycles. The van der Waals surface area contributed by atoms with Gasteiger partial charge in [-0.25, -0.2) is 15.0 Å². The summed E-state index contributed by atoms with van der Waals surface area (Å²) in [5.74, 6) is 1.73. The van der Waals surface area contributed by atoms with E-state index in [1.165, 1.54) is 16.3 Å². The van der Waals surface area contributed by atoms with Crippen molar-refractivity contribution in [3.63, 3.8) is 0 Å². The average molecular weight is 627 g/mol. The third-order valence-corrected chi connectivity index (χ3v) is 9.40. The van der Waals surface area contributed by atoms with Gasteiger partial charge in [-0.1, -0.05) is 133 Å². The van der Waals surface area contributed by atoms with Crippen molar-refractivity contribution in [1.29, 1.82) is 0 Å². The molecule has 3 aromatic heterocycles. The average Bonchev–Trinajstić information content (AvgIpc) is 3.57. The standard InChI is InChI=1S/C44H26N4O/c1-2-11-32-24-33(21-16-27(32)8-1)43-46-42(31-19-17-30(18-20-31)35-15-7-12-28-9-3-5-13-34(28)35)47-44(48-43)38-25-45-26-39-40(38)37-23-22-29-10-4-6-14-36(29)41(37)49-39/h1-26H. The smallest absolute Gasteiger partial charge is 0.166 e. The Hall–Kier alpha value is -6.72. The second-order valence-electron chi connectivity index (χ2n) is 12.3. The van der Waals surface area contributed by atoms with Crippen molar-refractivity contribution in [2.45, 2.75) is 0 Å². The van der Waals surface area contributed by atoms with Crippen LogP contribution in [0.5, 0.6) is 0 Å². The van der Waals surface area contributed by atoms with Crippen LogP contribution in [0.2, 0.25) is 0 Å². The Morgan fingerprint density at radius 2 is 1.00 bits per heavy atom. The summed E-state index contributed by atoms with van der Waals surface area (Å²) >= 11 is 0. The molecule has 3 heterocycles. The maximum Gasteiger partial charge on any atom is 0.166 e. The minimum absolute atomic E-state index is 0.542. The summed E-state index contributed by atoms with van der Waals surface area (Å²) in [7, 11) is 0. The first-order valence-electron chi connectivity index (χ1n) is 16.3. The Balaban J connectivity index is 1.17. The zero-order chi connectivity index (χ0) is 32.3. The zero-order valence-electron chi connectivity index (χ0n) is 26.2. The van der Waals surface area contributed by atoms with E-state index in [0.29, 0.717) is 23.1 Å². The lowest BCUT2D eigenvalue weighted by Crippen LogP contribution is -2.01. The third-order valence-electron chi connectivity index (χ3n) is 9.40. The van der Waals surface area contributed by atoms with Crippen LogP contribution in [0.4, 0.5) is 0 Å². The number of nitrogens with zero attached hydrogens (tertiary/aromatic N) is 4. The Bertz CT molecular complexity index is 2890. The molecule has 7 aromatic carbocycles. The summed E-state index contributed by atoms with van der Waals surface area (Å²) in [5, 5.41) is 8.84. The van der Waals surface area contributed by atoms with Crippen LogP contribution in [0, 0.1) is 0 Å². The Morgan fingerprint density at radius 3 is 1.84 bits per heavy atom. The molecule has 0 spiro atoms. The van der Waals surface area contributed by atoms with Gasteiger partial charge in [-0.05, 0) is 50.2 Å². The first-order valence-corrected chi connectivity index (χ1v) is 16.3. The highest BCUT2D eigenvalue weighted by atomic mass is 16.3. The van der Waals surface area contributed by atoms with Crippen LogP contribution in [0.1, 0.15) is 0 Å². The molecular weight excluding hydrogens is 601 g/mol. The Morgan fingerprint density at radius 1 is 0.388 bits per heavy atom. The van der Waals surface area contributed by atoms with Crippen molar-refractivity contribution >= 4 is 54.3 Å². The summed E-state index contributed by atoms with van der Waals surface area (Å²) < 4.78 is 6.46. The molecule has 0 aliphatic heterocycles. The lowest BCUT2D eigenvalue weighted by molar-refractivity contribution is 0.670. The Labute approximate surface area is 281 Å². The molecule has 5 nitrogen and oxygen atoms in total. The van der Waals surface area contributed by atoms with Gasteiger partial charge in [-0.15, -0.1) is 0 Å². The van der Waals surface area contributed by atoms with E-state index in [-0.39, 0.29) is 0 Å². The van der Waals surface area contributed by atoms with Gasteiger partial charge < -0.3 is 4.42 Å².